The van der Waals surface area contributed by atoms with E-state index in [2.05, 4.69) is 0 Å². The van der Waals surface area contributed by atoms with Crippen molar-refractivity contribution in [2.45, 2.75) is 30.6 Å². The predicted octanol–water partition coefficient (Wildman–Crippen LogP) is 4.20. The van der Waals surface area contributed by atoms with E-state index >= 15 is 0 Å². The molecule has 1 heterocycles. The monoisotopic (exact) mass is 595 g/mol. The van der Waals surface area contributed by atoms with Gasteiger partial charge in [0.2, 0.25) is 0 Å². The highest BCUT2D eigenvalue weighted by Crippen LogP contribution is 2.29. The number of esters is 4. The molecule has 1 fully saturated rings. The lowest BCUT2D eigenvalue weighted by Crippen LogP contribution is -2.64. The lowest BCUT2D eigenvalue weighted by molar-refractivity contribution is -0.227. The second-order valence-electron chi connectivity index (χ2n) is 9.81. The summed E-state index contributed by atoms with van der Waals surface area (Å²) in [5.41, 5.74) is 7.24. The van der Waals surface area contributed by atoms with Gasteiger partial charge in [0.25, 0.3) is 0 Å². The first-order valence-corrected chi connectivity index (χ1v) is 13.8. The summed E-state index contributed by atoms with van der Waals surface area (Å²) < 4.78 is 28.9. The van der Waals surface area contributed by atoms with Crippen molar-refractivity contribution in [2.75, 3.05) is 6.61 Å². The zero-order valence-electron chi connectivity index (χ0n) is 23.4. The number of rotatable bonds is 9. The molecule has 10 nitrogen and oxygen atoms in total. The Hall–Kier alpha value is -5.32. The van der Waals surface area contributed by atoms with Crippen molar-refractivity contribution in [3.63, 3.8) is 0 Å². The Balaban J connectivity index is 1.48. The van der Waals surface area contributed by atoms with Crippen molar-refractivity contribution >= 4 is 23.9 Å². The Labute approximate surface area is 253 Å². The number of benzene rings is 4. The van der Waals surface area contributed by atoms with Crippen LogP contribution >= 0.6 is 0 Å². The molecule has 5 atom stereocenters. The zero-order chi connectivity index (χ0) is 30.9. The van der Waals surface area contributed by atoms with Gasteiger partial charge in [-0.25, -0.2) is 19.2 Å². The van der Waals surface area contributed by atoms with Crippen LogP contribution in [0.4, 0.5) is 0 Å². The van der Waals surface area contributed by atoms with Crippen LogP contribution in [-0.4, -0.2) is 61.1 Å². The summed E-state index contributed by atoms with van der Waals surface area (Å²) >= 11 is 0. The molecule has 0 amide bonds. The van der Waals surface area contributed by atoms with E-state index in [0.29, 0.717) is 0 Å². The smallest absolute Gasteiger partial charge is 0.338 e. The van der Waals surface area contributed by atoms with Crippen molar-refractivity contribution in [1.82, 2.24) is 0 Å². The Bertz CT molecular complexity index is 1570. The average Bonchev–Trinajstić information content (AvgIpc) is 3.07. The molecule has 10 heteroatoms. The van der Waals surface area contributed by atoms with Crippen LogP contribution in [0.15, 0.2) is 121 Å². The Kier molecular flexibility index (Phi) is 9.75. The number of ether oxygens (including phenoxy) is 5. The second-order valence-corrected chi connectivity index (χ2v) is 9.81. The standard InChI is InChI=1S/C34H29NO9/c35-30-29(44-34(39)25-19-11-4-12-20-25)28(43-33(38)24-17-9-3-10-18-24)27(42-32(37)23-15-7-2-8-16-23)26(41-30)21-40-31(36)22-13-5-1-6-14-22/h1-20,26-30H,21,35H2. The van der Waals surface area contributed by atoms with Gasteiger partial charge in [-0.3, -0.25) is 0 Å². The third-order valence-electron chi connectivity index (χ3n) is 6.82. The predicted molar refractivity (Wildman–Crippen MR) is 157 cm³/mol. The number of hydrogen-bond donors (Lipinski definition) is 1. The molecule has 2 N–H and O–H groups in total. The van der Waals surface area contributed by atoms with Gasteiger partial charge in [-0.2, -0.15) is 0 Å². The van der Waals surface area contributed by atoms with E-state index in [1.54, 1.807) is 109 Å². The Morgan fingerprint density at radius 3 is 1.25 bits per heavy atom. The van der Waals surface area contributed by atoms with E-state index in [9.17, 15) is 19.2 Å². The van der Waals surface area contributed by atoms with Crippen LogP contribution in [0.2, 0.25) is 0 Å². The van der Waals surface area contributed by atoms with Crippen molar-refractivity contribution < 1.29 is 42.9 Å². The molecule has 44 heavy (non-hydrogen) atoms. The fourth-order valence-electron chi connectivity index (χ4n) is 4.60. The van der Waals surface area contributed by atoms with Gasteiger partial charge in [0.1, 0.15) is 18.9 Å². The first kappa shape index (κ1) is 30.1. The van der Waals surface area contributed by atoms with Gasteiger partial charge in [-0.1, -0.05) is 72.8 Å². The minimum Gasteiger partial charge on any atom is -0.459 e. The topological polar surface area (TPSA) is 140 Å². The molecule has 1 aliphatic heterocycles. The van der Waals surface area contributed by atoms with Gasteiger partial charge in [-0.05, 0) is 48.5 Å². The molecular formula is C34H29NO9. The van der Waals surface area contributed by atoms with Gasteiger partial charge >= 0.3 is 23.9 Å². The molecule has 5 rings (SSSR count). The van der Waals surface area contributed by atoms with Crippen LogP contribution in [0.25, 0.3) is 0 Å². The summed E-state index contributed by atoms with van der Waals surface area (Å²) in [4.78, 5) is 52.5. The van der Waals surface area contributed by atoms with Crippen LogP contribution in [0, 0.1) is 0 Å². The second kappa shape index (κ2) is 14.2. The number of nitrogens with two attached hydrogens (primary N) is 1. The van der Waals surface area contributed by atoms with Crippen LogP contribution in [0.3, 0.4) is 0 Å². The molecule has 1 saturated heterocycles. The molecule has 224 valence electrons. The Morgan fingerprint density at radius 2 is 0.841 bits per heavy atom. The number of carbonyl (C=O) groups is 4. The van der Waals surface area contributed by atoms with E-state index in [1.807, 2.05) is 0 Å². The number of carbonyl (C=O) groups excluding carboxylic acids is 4. The average molecular weight is 596 g/mol. The minimum absolute atomic E-state index is 0.195. The largest absolute Gasteiger partial charge is 0.459 e. The summed E-state index contributed by atoms with van der Waals surface area (Å²) in [6.07, 6.45) is -6.83. The van der Waals surface area contributed by atoms with Gasteiger partial charge in [-0.15, -0.1) is 0 Å². The Morgan fingerprint density at radius 1 is 0.500 bits per heavy atom. The maximum absolute atomic E-state index is 13.3. The maximum atomic E-state index is 13.3. The quantitative estimate of drug-likeness (QED) is 0.221. The summed E-state index contributed by atoms with van der Waals surface area (Å²) in [5, 5.41) is 0. The summed E-state index contributed by atoms with van der Waals surface area (Å²) in [6, 6.07) is 32.6. The molecule has 5 unspecified atom stereocenters. The van der Waals surface area contributed by atoms with Crippen LogP contribution in [0.5, 0.6) is 0 Å². The van der Waals surface area contributed by atoms with E-state index in [1.165, 1.54) is 12.1 Å². The van der Waals surface area contributed by atoms with E-state index in [4.69, 9.17) is 29.4 Å². The summed E-state index contributed by atoms with van der Waals surface area (Å²) in [7, 11) is 0. The molecule has 4 aromatic carbocycles. The third kappa shape index (κ3) is 7.35. The fraction of sp³-hybridized carbons (Fsp3) is 0.176. The van der Waals surface area contributed by atoms with Crippen molar-refractivity contribution in [3.8, 4) is 0 Å². The lowest BCUT2D eigenvalue weighted by Gasteiger charge is -2.43. The first-order valence-electron chi connectivity index (χ1n) is 13.8. The van der Waals surface area contributed by atoms with Gasteiger partial charge in [0.05, 0.1) is 22.3 Å². The van der Waals surface area contributed by atoms with Crippen LogP contribution in [-0.2, 0) is 23.7 Å². The van der Waals surface area contributed by atoms with E-state index in [0.717, 1.165) is 0 Å². The molecule has 1 aliphatic rings. The van der Waals surface area contributed by atoms with Crippen molar-refractivity contribution in [2.24, 2.45) is 5.73 Å². The molecule has 0 radical (unpaired) electrons. The molecule has 4 aromatic rings. The van der Waals surface area contributed by atoms with Gasteiger partial charge in [0, 0.05) is 0 Å². The highest BCUT2D eigenvalue weighted by molar-refractivity contribution is 5.91. The van der Waals surface area contributed by atoms with Gasteiger partial charge in [0.15, 0.2) is 18.3 Å². The van der Waals surface area contributed by atoms with E-state index < -0.39 is 61.1 Å². The summed E-state index contributed by atoms with van der Waals surface area (Å²) in [6.45, 7) is -0.424. The lowest BCUT2D eigenvalue weighted by atomic mass is 9.97. The highest BCUT2D eigenvalue weighted by atomic mass is 16.7. The number of hydrogen-bond acceptors (Lipinski definition) is 10. The zero-order valence-corrected chi connectivity index (χ0v) is 23.4. The third-order valence-corrected chi connectivity index (χ3v) is 6.82. The van der Waals surface area contributed by atoms with E-state index in [-0.39, 0.29) is 22.3 Å². The molecule has 0 saturated carbocycles. The SMILES string of the molecule is NC1OC(COC(=O)c2ccccc2)C(OC(=O)c2ccccc2)C(OC(=O)c2ccccc2)C1OC(=O)c1ccccc1. The van der Waals surface area contributed by atoms with Crippen molar-refractivity contribution in [3.05, 3.63) is 144 Å². The first-order chi connectivity index (χ1) is 21.4. The normalized spacial score (nSPS) is 21.0. The van der Waals surface area contributed by atoms with Crippen LogP contribution in [0.1, 0.15) is 41.4 Å². The molecular weight excluding hydrogens is 566 g/mol. The molecule has 0 bridgehead atoms. The van der Waals surface area contributed by atoms with Crippen molar-refractivity contribution in [1.29, 1.82) is 0 Å². The minimum atomic E-state index is -1.45. The molecule has 0 aliphatic carbocycles. The fourth-order valence-corrected chi connectivity index (χ4v) is 4.60. The molecule has 0 spiro atoms. The van der Waals surface area contributed by atoms with Gasteiger partial charge < -0.3 is 29.4 Å². The van der Waals surface area contributed by atoms with Crippen LogP contribution < -0.4 is 5.73 Å². The molecule has 0 aromatic heterocycles. The highest BCUT2D eigenvalue weighted by Gasteiger charge is 2.52. The summed E-state index contributed by atoms with van der Waals surface area (Å²) in [5.74, 6) is -2.99. The maximum Gasteiger partial charge on any atom is 0.338 e.